The number of quaternary nitrogens is 1. The second-order valence-electron chi connectivity index (χ2n) is 7.12. The standard InChI is InChI=1S/C22H21I6NO4/c1-2-3-4-29(5-7-32-21(30)15-9-13(23)11-17(25)19(15)27)6-8-33-22(31)16-10-14(24)12-18(26)20(16)28/h9-12H,2-8H2,1H3/p+1. The van der Waals surface area contributed by atoms with Gasteiger partial charge < -0.3 is 14.4 Å². The van der Waals surface area contributed by atoms with E-state index in [0.29, 0.717) is 37.4 Å². The number of unbranched alkanes of at least 4 members (excludes halogenated alkanes) is 1. The molecule has 0 aliphatic rings. The Bertz CT molecular complexity index is 926. The number of benzene rings is 2. The molecule has 0 heterocycles. The van der Waals surface area contributed by atoms with Crippen LogP contribution >= 0.6 is 136 Å². The minimum atomic E-state index is -0.292. The number of halogens is 6. The van der Waals surface area contributed by atoms with E-state index in [4.69, 9.17) is 9.47 Å². The van der Waals surface area contributed by atoms with Gasteiger partial charge in [-0.3, -0.25) is 0 Å². The number of esters is 2. The lowest BCUT2D eigenvalue weighted by atomic mass is 10.2. The molecule has 5 nitrogen and oxygen atoms in total. The number of ether oxygens (including phenoxy) is 2. The van der Waals surface area contributed by atoms with Gasteiger partial charge in [0.2, 0.25) is 0 Å². The van der Waals surface area contributed by atoms with Gasteiger partial charge in [0.05, 0.1) is 17.7 Å². The summed E-state index contributed by atoms with van der Waals surface area (Å²) in [5.74, 6) is -0.583. The van der Waals surface area contributed by atoms with Crippen molar-refractivity contribution < 1.29 is 24.0 Å². The Hall–Kier alpha value is 1.72. The average Bonchev–Trinajstić information content (AvgIpc) is 2.76. The molecule has 0 aliphatic carbocycles. The summed E-state index contributed by atoms with van der Waals surface area (Å²) < 4.78 is 17.1. The summed E-state index contributed by atoms with van der Waals surface area (Å²) in [4.78, 5) is 26.5. The quantitative estimate of drug-likeness (QED) is 0.170. The van der Waals surface area contributed by atoms with Crippen LogP contribution in [-0.2, 0) is 9.47 Å². The van der Waals surface area contributed by atoms with E-state index < -0.39 is 0 Å². The van der Waals surface area contributed by atoms with Gasteiger partial charge >= 0.3 is 11.9 Å². The molecule has 0 saturated carbocycles. The third kappa shape index (κ3) is 10.2. The molecule has 0 fully saturated rings. The zero-order valence-corrected chi connectivity index (χ0v) is 30.6. The van der Waals surface area contributed by atoms with Gasteiger partial charge in [-0.2, -0.15) is 0 Å². The van der Waals surface area contributed by atoms with Crippen molar-refractivity contribution in [2.24, 2.45) is 0 Å². The van der Waals surface area contributed by atoms with Crippen LogP contribution in [0, 0.1) is 21.4 Å². The van der Waals surface area contributed by atoms with Gasteiger partial charge in [-0.05, 0) is 166 Å². The summed E-state index contributed by atoms with van der Waals surface area (Å²) in [6, 6.07) is 7.80. The van der Waals surface area contributed by atoms with E-state index in [1.54, 1.807) is 0 Å². The Morgan fingerprint density at radius 1 is 0.727 bits per heavy atom. The molecule has 0 aromatic heterocycles. The predicted molar refractivity (Wildman–Crippen MR) is 180 cm³/mol. The van der Waals surface area contributed by atoms with Crippen molar-refractivity contribution in [3.05, 3.63) is 56.8 Å². The minimum absolute atomic E-state index is 0.292. The predicted octanol–water partition coefficient (Wildman–Crippen LogP) is 6.01. The van der Waals surface area contributed by atoms with Crippen molar-refractivity contribution in [3.63, 3.8) is 0 Å². The highest BCUT2D eigenvalue weighted by atomic mass is 127. The Labute approximate surface area is 276 Å². The second kappa shape index (κ2) is 15.9. The number of nitrogens with one attached hydrogen (secondary N) is 1. The molecule has 0 aliphatic heterocycles. The summed E-state index contributed by atoms with van der Waals surface area (Å²) >= 11 is 13.3. The summed E-state index contributed by atoms with van der Waals surface area (Å²) in [7, 11) is 0. The van der Waals surface area contributed by atoms with Crippen molar-refractivity contribution in [3.8, 4) is 0 Å². The van der Waals surface area contributed by atoms with Crippen LogP contribution in [0.3, 0.4) is 0 Å². The maximum absolute atomic E-state index is 12.6. The average molecular weight is 1130 g/mol. The number of carbonyl (C=O) groups excluding carboxylic acids is 2. The molecule has 0 atom stereocenters. The molecule has 0 unspecified atom stereocenters. The maximum atomic E-state index is 12.6. The minimum Gasteiger partial charge on any atom is -0.456 e. The Balaban J connectivity index is 1.89. The first-order chi connectivity index (χ1) is 15.6. The first kappa shape index (κ1) is 30.9. The summed E-state index contributed by atoms with van der Waals surface area (Å²) in [6.45, 7) is 5.12. The fourth-order valence-corrected chi connectivity index (χ4v) is 7.70. The van der Waals surface area contributed by atoms with Gasteiger partial charge in [-0.1, -0.05) is 13.3 Å². The van der Waals surface area contributed by atoms with Crippen LogP contribution < -0.4 is 4.90 Å². The van der Waals surface area contributed by atoms with E-state index in [1.807, 2.05) is 24.3 Å². The molecule has 0 spiro atoms. The van der Waals surface area contributed by atoms with Crippen LogP contribution in [0.4, 0.5) is 0 Å². The van der Waals surface area contributed by atoms with E-state index >= 15 is 0 Å². The van der Waals surface area contributed by atoms with Crippen LogP contribution in [0.5, 0.6) is 0 Å². The highest BCUT2D eigenvalue weighted by Gasteiger charge is 2.18. The van der Waals surface area contributed by atoms with E-state index in [9.17, 15) is 9.59 Å². The fraction of sp³-hybridized carbons (Fsp3) is 0.364. The topological polar surface area (TPSA) is 57.0 Å². The molecule has 2 rings (SSSR count). The molecule has 0 saturated heterocycles. The van der Waals surface area contributed by atoms with E-state index in [0.717, 1.165) is 40.8 Å². The van der Waals surface area contributed by atoms with Crippen LogP contribution in [0.1, 0.15) is 40.5 Å². The third-order valence-electron chi connectivity index (χ3n) is 4.69. The lowest BCUT2D eigenvalue weighted by Gasteiger charge is -2.19. The van der Waals surface area contributed by atoms with Crippen molar-refractivity contribution in [1.82, 2.24) is 0 Å². The molecule has 11 heteroatoms. The molecule has 0 bridgehead atoms. The Kier molecular flexibility index (Phi) is 14.9. The third-order valence-corrected chi connectivity index (χ3v) is 12.0. The number of hydrogen-bond acceptors (Lipinski definition) is 4. The molecular weight excluding hydrogens is 1100 g/mol. The molecule has 0 radical (unpaired) electrons. The van der Waals surface area contributed by atoms with Gasteiger partial charge in [-0.15, -0.1) is 0 Å². The first-order valence-electron chi connectivity index (χ1n) is 10.1. The van der Waals surface area contributed by atoms with Crippen LogP contribution in [-0.4, -0.2) is 44.8 Å². The van der Waals surface area contributed by atoms with E-state index in [-0.39, 0.29) is 11.9 Å². The van der Waals surface area contributed by atoms with Crippen molar-refractivity contribution in [2.45, 2.75) is 19.8 Å². The van der Waals surface area contributed by atoms with Crippen molar-refractivity contribution >= 4 is 147 Å². The maximum Gasteiger partial charge on any atom is 0.339 e. The van der Waals surface area contributed by atoms with Gasteiger partial charge in [0.15, 0.2) is 0 Å². The first-order valence-corrected chi connectivity index (χ1v) is 16.6. The lowest BCUT2D eigenvalue weighted by molar-refractivity contribution is -0.900. The number of carbonyl (C=O) groups is 2. The number of hydrogen-bond donors (Lipinski definition) is 1. The second-order valence-corrected chi connectivity index (χ2v) is 14.1. The molecule has 0 amide bonds. The summed E-state index contributed by atoms with van der Waals surface area (Å²) in [6.07, 6.45) is 2.15. The van der Waals surface area contributed by atoms with Crippen LogP contribution in [0.15, 0.2) is 24.3 Å². The highest BCUT2D eigenvalue weighted by Crippen LogP contribution is 2.24. The molecule has 2 aromatic carbocycles. The highest BCUT2D eigenvalue weighted by molar-refractivity contribution is 14.1. The lowest BCUT2D eigenvalue weighted by Crippen LogP contribution is -3.13. The zero-order valence-electron chi connectivity index (χ0n) is 17.7. The molecule has 33 heavy (non-hydrogen) atoms. The van der Waals surface area contributed by atoms with Crippen molar-refractivity contribution in [1.29, 1.82) is 0 Å². The van der Waals surface area contributed by atoms with Gasteiger partial charge in [0.25, 0.3) is 0 Å². The van der Waals surface area contributed by atoms with Crippen LogP contribution in [0.25, 0.3) is 0 Å². The Morgan fingerprint density at radius 2 is 1.15 bits per heavy atom. The van der Waals surface area contributed by atoms with Gasteiger partial charge in [0, 0.05) is 21.4 Å². The van der Waals surface area contributed by atoms with E-state index in [1.165, 1.54) is 4.90 Å². The summed E-state index contributed by atoms with van der Waals surface area (Å²) in [5.41, 5.74) is 1.22. The summed E-state index contributed by atoms with van der Waals surface area (Å²) in [5, 5.41) is 0. The molecular formula is C22H22I6NO4+. The monoisotopic (exact) mass is 1130 g/mol. The molecule has 180 valence electrons. The van der Waals surface area contributed by atoms with Crippen molar-refractivity contribution in [2.75, 3.05) is 32.8 Å². The zero-order chi connectivity index (χ0) is 24.5. The fourth-order valence-electron chi connectivity index (χ4n) is 2.94. The smallest absolute Gasteiger partial charge is 0.339 e. The van der Waals surface area contributed by atoms with E-state index in [2.05, 4.69) is 142 Å². The van der Waals surface area contributed by atoms with Crippen LogP contribution in [0.2, 0.25) is 0 Å². The molecule has 1 N–H and O–H groups in total. The Morgan fingerprint density at radius 3 is 1.55 bits per heavy atom. The van der Waals surface area contributed by atoms with Gasteiger partial charge in [-0.25, -0.2) is 9.59 Å². The molecule has 2 aromatic rings. The number of rotatable bonds is 11. The largest absolute Gasteiger partial charge is 0.456 e. The SMILES string of the molecule is CCCC[NH+](CCOC(=O)c1cc(I)cc(I)c1I)CCOC(=O)c1cc(I)cc(I)c1I. The van der Waals surface area contributed by atoms with Gasteiger partial charge in [0.1, 0.15) is 26.3 Å². The normalized spacial score (nSPS) is 11.0.